The first-order valence-electron chi connectivity index (χ1n) is 12.5. The number of hydrogen-bond acceptors (Lipinski definition) is 5. The van der Waals surface area contributed by atoms with Gasteiger partial charge in [0.05, 0.1) is 5.69 Å². The van der Waals surface area contributed by atoms with Gasteiger partial charge in [-0.2, -0.15) is 0 Å². The molecule has 0 atom stereocenters. The van der Waals surface area contributed by atoms with Crippen LogP contribution in [0, 0.1) is 11.7 Å². The molecule has 0 N–H and O–H groups in total. The van der Waals surface area contributed by atoms with Crippen LogP contribution in [0.2, 0.25) is 0 Å². The zero-order chi connectivity index (χ0) is 24.9. The molecule has 0 radical (unpaired) electrons. The van der Waals surface area contributed by atoms with Crippen molar-refractivity contribution in [2.75, 3.05) is 37.6 Å². The Morgan fingerprint density at radius 2 is 1.67 bits per heavy atom. The summed E-state index contributed by atoms with van der Waals surface area (Å²) in [6.45, 7) is 2.97. The van der Waals surface area contributed by atoms with E-state index >= 15 is 0 Å². The Kier molecular flexibility index (Phi) is 7.21. The van der Waals surface area contributed by atoms with E-state index in [1.54, 1.807) is 17.0 Å². The van der Waals surface area contributed by atoms with Crippen LogP contribution in [0.5, 0.6) is 0 Å². The maximum absolute atomic E-state index is 13.3. The lowest BCUT2D eigenvalue weighted by molar-refractivity contribution is -0.141. The Balaban J connectivity index is 1.20. The third-order valence-corrected chi connectivity index (χ3v) is 6.74. The van der Waals surface area contributed by atoms with E-state index in [-0.39, 0.29) is 30.1 Å². The summed E-state index contributed by atoms with van der Waals surface area (Å²) in [6, 6.07) is 20.0. The molecule has 1 aliphatic heterocycles. The van der Waals surface area contributed by atoms with E-state index in [4.69, 9.17) is 0 Å². The highest BCUT2D eigenvalue weighted by molar-refractivity contribution is 5.87. The molecule has 1 saturated heterocycles. The number of rotatable bonds is 7. The average molecular weight is 488 g/mol. The topological polar surface area (TPSA) is 69.6 Å². The molecule has 0 spiro atoms. The molecular formula is C28H30FN5O2. The Labute approximate surface area is 210 Å². The highest BCUT2D eigenvalue weighted by Gasteiger charge is 2.35. The van der Waals surface area contributed by atoms with Crippen LogP contribution < -0.4 is 4.90 Å². The molecule has 2 aromatic carbocycles. The van der Waals surface area contributed by atoms with Gasteiger partial charge in [-0.05, 0) is 49.1 Å². The van der Waals surface area contributed by atoms with Crippen molar-refractivity contribution in [2.24, 2.45) is 5.92 Å². The van der Waals surface area contributed by atoms with Crippen LogP contribution in [-0.4, -0.2) is 64.5 Å². The van der Waals surface area contributed by atoms with Crippen molar-refractivity contribution in [3.8, 4) is 11.3 Å². The fourth-order valence-electron chi connectivity index (χ4n) is 4.53. The van der Waals surface area contributed by atoms with Crippen LogP contribution in [-0.2, 0) is 16.1 Å². The van der Waals surface area contributed by atoms with Crippen LogP contribution in [0.25, 0.3) is 11.3 Å². The summed E-state index contributed by atoms with van der Waals surface area (Å²) >= 11 is 0. The first-order chi connectivity index (χ1) is 17.6. The van der Waals surface area contributed by atoms with Gasteiger partial charge < -0.3 is 14.7 Å². The third kappa shape index (κ3) is 5.87. The zero-order valence-electron chi connectivity index (χ0n) is 20.2. The number of amides is 2. The molecule has 2 aliphatic rings. The van der Waals surface area contributed by atoms with Crippen molar-refractivity contribution in [3.05, 3.63) is 78.1 Å². The van der Waals surface area contributed by atoms with Gasteiger partial charge in [0.15, 0.2) is 5.82 Å². The molecule has 2 fully saturated rings. The minimum atomic E-state index is -0.316. The molecule has 0 unspecified atom stereocenters. The first-order valence-corrected chi connectivity index (χ1v) is 12.5. The van der Waals surface area contributed by atoms with Crippen molar-refractivity contribution < 1.29 is 14.0 Å². The number of hydrogen-bond donors (Lipinski definition) is 0. The predicted octanol–water partition coefficient (Wildman–Crippen LogP) is 3.76. The van der Waals surface area contributed by atoms with Gasteiger partial charge in [-0.3, -0.25) is 9.59 Å². The fourth-order valence-corrected chi connectivity index (χ4v) is 4.53. The highest BCUT2D eigenvalue weighted by atomic mass is 19.1. The van der Waals surface area contributed by atoms with Gasteiger partial charge in [-0.25, -0.2) is 4.39 Å². The van der Waals surface area contributed by atoms with Crippen molar-refractivity contribution in [1.82, 2.24) is 20.0 Å². The van der Waals surface area contributed by atoms with Crippen molar-refractivity contribution in [2.45, 2.75) is 25.8 Å². The number of aromatic nitrogens is 2. The molecule has 186 valence electrons. The summed E-state index contributed by atoms with van der Waals surface area (Å²) in [7, 11) is 0. The summed E-state index contributed by atoms with van der Waals surface area (Å²) in [6.07, 6.45) is 2.55. The Morgan fingerprint density at radius 1 is 0.889 bits per heavy atom. The number of anilines is 1. The Hall–Kier alpha value is -3.81. The summed E-state index contributed by atoms with van der Waals surface area (Å²) in [4.78, 5) is 31.7. The van der Waals surface area contributed by atoms with Crippen LogP contribution in [0.15, 0.2) is 66.7 Å². The first kappa shape index (κ1) is 23.9. The molecule has 1 saturated carbocycles. The van der Waals surface area contributed by atoms with Crippen molar-refractivity contribution in [1.29, 1.82) is 0 Å². The summed E-state index contributed by atoms with van der Waals surface area (Å²) in [5, 5.41) is 8.83. The van der Waals surface area contributed by atoms with E-state index in [1.807, 2.05) is 47.4 Å². The summed E-state index contributed by atoms with van der Waals surface area (Å²) < 4.78 is 13.3. The van der Waals surface area contributed by atoms with Crippen LogP contribution >= 0.6 is 0 Å². The molecule has 7 nitrogen and oxygen atoms in total. The van der Waals surface area contributed by atoms with E-state index in [1.165, 1.54) is 12.1 Å². The van der Waals surface area contributed by atoms with Crippen molar-refractivity contribution in [3.63, 3.8) is 0 Å². The average Bonchev–Trinajstić information content (AvgIpc) is 3.77. The highest BCUT2D eigenvalue weighted by Crippen LogP contribution is 2.31. The van der Waals surface area contributed by atoms with E-state index < -0.39 is 0 Å². The lowest BCUT2D eigenvalue weighted by Crippen LogP contribution is -2.44. The molecule has 2 amide bonds. The monoisotopic (exact) mass is 487 g/mol. The third-order valence-electron chi connectivity index (χ3n) is 6.74. The Bertz CT molecular complexity index is 1180. The van der Waals surface area contributed by atoms with Gasteiger partial charge in [0.25, 0.3) is 0 Å². The lowest BCUT2D eigenvalue weighted by Gasteiger charge is -2.27. The standard InChI is InChI=1S/C28H30FN5O2/c29-24-11-7-21(8-12-24)19-34(28(36)23-9-10-23)20-27(35)33-16-4-15-32(17-18-33)26-14-13-25(30-31-26)22-5-2-1-3-6-22/h1-3,5-8,11-14,23H,4,9-10,15-20H2. The largest absolute Gasteiger partial charge is 0.353 e. The van der Waals surface area contributed by atoms with Gasteiger partial charge >= 0.3 is 0 Å². The van der Waals surface area contributed by atoms with Gasteiger partial charge in [-0.15, -0.1) is 10.2 Å². The zero-order valence-corrected chi connectivity index (χ0v) is 20.2. The van der Waals surface area contributed by atoms with E-state index in [9.17, 15) is 14.0 Å². The maximum Gasteiger partial charge on any atom is 0.242 e. The smallest absolute Gasteiger partial charge is 0.242 e. The normalized spacial score (nSPS) is 15.9. The minimum absolute atomic E-state index is 0.00954. The van der Waals surface area contributed by atoms with Gasteiger partial charge in [0.2, 0.25) is 11.8 Å². The number of carbonyl (C=O) groups excluding carboxylic acids is 2. The second-order valence-electron chi connectivity index (χ2n) is 9.46. The minimum Gasteiger partial charge on any atom is -0.353 e. The molecular weight excluding hydrogens is 457 g/mol. The molecule has 8 heteroatoms. The number of carbonyl (C=O) groups is 2. The van der Waals surface area contributed by atoms with Crippen LogP contribution in [0.1, 0.15) is 24.8 Å². The van der Waals surface area contributed by atoms with Gasteiger partial charge in [0, 0.05) is 44.2 Å². The molecule has 3 aromatic rings. The SMILES string of the molecule is O=C(CN(Cc1ccc(F)cc1)C(=O)C1CC1)N1CCCN(c2ccc(-c3ccccc3)nn2)CC1. The van der Waals surface area contributed by atoms with E-state index in [0.717, 1.165) is 48.4 Å². The van der Waals surface area contributed by atoms with E-state index in [0.29, 0.717) is 26.2 Å². The molecule has 2 heterocycles. The van der Waals surface area contributed by atoms with Gasteiger partial charge in [0.1, 0.15) is 12.4 Å². The van der Waals surface area contributed by atoms with Crippen LogP contribution in [0.4, 0.5) is 10.2 Å². The quantitative estimate of drug-likeness (QED) is 0.508. The molecule has 0 bridgehead atoms. The summed E-state index contributed by atoms with van der Waals surface area (Å²) in [5.41, 5.74) is 2.67. The molecule has 1 aromatic heterocycles. The number of halogens is 1. The van der Waals surface area contributed by atoms with Crippen LogP contribution in [0.3, 0.4) is 0 Å². The van der Waals surface area contributed by atoms with Crippen molar-refractivity contribution >= 4 is 17.6 Å². The lowest BCUT2D eigenvalue weighted by atomic mass is 10.1. The second-order valence-corrected chi connectivity index (χ2v) is 9.46. The second kappa shape index (κ2) is 10.8. The molecule has 36 heavy (non-hydrogen) atoms. The molecule has 1 aliphatic carbocycles. The summed E-state index contributed by atoms with van der Waals surface area (Å²) in [5.74, 6) is 0.445. The fraction of sp³-hybridized carbons (Fsp3) is 0.357. The predicted molar refractivity (Wildman–Crippen MR) is 135 cm³/mol. The van der Waals surface area contributed by atoms with Gasteiger partial charge in [-0.1, -0.05) is 42.5 Å². The number of benzene rings is 2. The maximum atomic E-state index is 13.3. The Morgan fingerprint density at radius 3 is 2.36 bits per heavy atom. The molecule has 5 rings (SSSR count). The van der Waals surface area contributed by atoms with E-state index in [2.05, 4.69) is 15.1 Å². The number of nitrogens with zero attached hydrogens (tertiary/aromatic N) is 5.